The standard InChI is InChI=1S/C20H23NO2/c1-4-23-19-11-9-18(10-12-19)16(3)21-20(22)13-8-17-7-5-6-15(2)14-17/h5-14,16H,4H2,1-3H3,(H,21,22)/b13-8+. The van der Waals surface area contributed by atoms with Crippen molar-refractivity contribution in [3.8, 4) is 5.75 Å². The minimum Gasteiger partial charge on any atom is -0.494 e. The number of nitrogens with one attached hydrogen (secondary N) is 1. The largest absolute Gasteiger partial charge is 0.494 e. The third-order valence-corrected chi connectivity index (χ3v) is 3.52. The Morgan fingerprint density at radius 3 is 2.61 bits per heavy atom. The highest BCUT2D eigenvalue weighted by atomic mass is 16.5. The van der Waals surface area contributed by atoms with Crippen molar-refractivity contribution in [2.45, 2.75) is 26.8 Å². The monoisotopic (exact) mass is 309 g/mol. The molecule has 0 aliphatic rings. The van der Waals surface area contributed by atoms with Crippen LogP contribution in [0, 0.1) is 6.92 Å². The topological polar surface area (TPSA) is 38.3 Å². The maximum absolute atomic E-state index is 12.0. The third kappa shape index (κ3) is 5.29. The number of rotatable bonds is 6. The van der Waals surface area contributed by atoms with E-state index in [1.807, 2.05) is 75.4 Å². The number of amides is 1. The number of aryl methyl sites for hydroxylation is 1. The van der Waals surface area contributed by atoms with Gasteiger partial charge in [-0.1, -0.05) is 42.0 Å². The Labute approximate surface area is 138 Å². The van der Waals surface area contributed by atoms with E-state index in [1.54, 1.807) is 6.08 Å². The zero-order valence-corrected chi connectivity index (χ0v) is 13.9. The minimum absolute atomic E-state index is 0.0552. The van der Waals surface area contributed by atoms with Crippen LogP contribution < -0.4 is 10.1 Å². The number of hydrogen-bond donors (Lipinski definition) is 1. The zero-order valence-electron chi connectivity index (χ0n) is 13.9. The van der Waals surface area contributed by atoms with Gasteiger partial charge in [0.05, 0.1) is 12.6 Å². The molecule has 0 fully saturated rings. The second kappa shape index (κ2) is 8.18. The molecule has 0 heterocycles. The Hall–Kier alpha value is -2.55. The summed E-state index contributed by atoms with van der Waals surface area (Å²) in [5.74, 6) is 0.738. The van der Waals surface area contributed by atoms with Crippen molar-refractivity contribution in [1.82, 2.24) is 5.32 Å². The van der Waals surface area contributed by atoms with Crippen molar-refractivity contribution in [2.75, 3.05) is 6.61 Å². The van der Waals surface area contributed by atoms with Gasteiger partial charge >= 0.3 is 0 Å². The van der Waals surface area contributed by atoms with E-state index in [1.165, 1.54) is 5.56 Å². The van der Waals surface area contributed by atoms with Gasteiger partial charge in [0.25, 0.3) is 0 Å². The van der Waals surface area contributed by atoms with Crippen LogP contribution in [0.15, 0.2) is 54.6 Å². The highest BCUT2D eigenvalue weighted by Gasteiger charge is 2.07. The van der Waals surface area contributed by atoms with Crippen molar-refractivity contribution < 1.29 is 9.53 Å². The van der Waals surface area contributed by atoms with Gasteiger partial charge in [0, 0.05) is 6.08 Å². The van der Waals surface area contributed by atoms with Crippen molar-refractivity contribution in [1.29, 1.82) is 0 Å². The lowest BCUT2D eigenvalue weighted by Crippen LogP contribution is -2.24. The molecular formula is C20H23NO2. The van der Waals surface area contributed by atoms with Gasteiger partial charge in [-0.05, 0) is 50.1 Å². The molecular weight excluding hydrogens is 286 g/mol. The Morgan fingerprint density at radius 1 is 1.22 bits per heavy atom. The summed E-state index contributed by atoms with van der Waals surface area (Å²) < 4.78 is 5.42. The summed E-state index contributed by atoms with van der Waals surface area (Å²) in [5.41, 5.74) is 3.25. The summed E-state index contributed by atoms with van der Waals surface area (Å²) in [6, 6.07) is 15.8. The number of carbonyl (C=O) groups excluding carboxylic acids is 1. The highest BCUT2D eigenvalue weighted by molar-refractivity contribution is 5.92. The average Bonchev–Trinajstić information content (AvgIpc) is 2.54. The molecule has 120 valence electrons. The Morgan fingerprint density at radius 2 is 1.96 bits per heavy atom. The fraction of sp³-hybridized carbons (Fsp3) is 0.250. The summed E-state index contributed by atoms with van der Waals surface area (Å²) in [6.45, 7) is 6.60. The molecule has 0 aromatic heterocycles. The van der Waals surface area contributed by atoms with Gasteiger partial charge in [-0.2, -0.15) is 0 Å². The van der Waals surface area contributed by atoms with Gasteiger partial charge in [0.1, 0.15) is 5.75 Å². The fourth-order valence-electron chi connectivity index (χ4n) is 2.31. The van der Waals surface area contributed by atoms with E-state index >= 15 is 0 Å². The average molecular weight is 309 g/mol. The second-order valence-corrected chi connectivity index (χ2v) is 5.48. The Balaban J connectivity index is 1.93. The van der Waals surface area contributed by atoms with E-state index in [-0.39, 0.29) is 11.9 Å². The molecule has 0 bridgehead atoms. The molecule has 0 saturated heterocycles. The van der Waals surface area contributed by atoms with Gasteiger partial charge in [-0.3, -0.25) is 4.79 Å². The zero-order chi connectivity index (χ0) is 16.7. The molecule has 2 aromatic rings. The molecule has 1 N–H and O–H groups in total. The molecule has 0 aliphatic carbocycles. The van der Waals surface area contributed by atoms with E-state index < -0.39 is 0 Å². The lowest BCUT2D eigenvalue weighted by atomic mass is 10.1. The summed E-state index contributed by atoms with van der Waals surface area (Å²) in [5, 5.41) is 2.97. The van der Waals surface area contributed by atoms with E-state index in [9.17, 15) is 4.79 Å². The first-order chi connectivity index (χ1) is 11.1. The van der Waals surface area contributed by atoms with Crippen molar-refractivity contribution in [3.63, 3.8) is 0 Å². The highest BCUT2D eigenvalue weighted by Crippen LogP contribution is 2.17. The molecule has 2 aromatic carbocycles. The lowest BCUT2D eigenvalue weighted by molar-refractivity contribution is -0.117. The molecule has 0 radical (unpaired) electrons. The Kier molecular flexibility index (Phi) is 5.98. The summed E-state index contributed by atoms with van der Waals surface area (Å²) in [4.78, 5) is 12.0. The quantitative estimate of drug-likeness (QED) is 0.809. The summed E-state index contributed by atoms with van der Waals surface area (Å²) in [6.07, 6.45) is 3.40. The van der Waals surface area contributed by atoms with Crippen molar-refractivity contribution >= 4 is 12.0 Å². The first-order valence-electron chi connectivity index (χ1n) is 7.86. The maximum Gasteiger partial charge on any atom is 0.244 e. The summed E-state index contributed by atoms with van der Waals surface area (Å²) in [7, 11) is 0. The van der Waals surface area contributed by atoms with Gasteiger partial charge in [0.15, 0.2) is 0 Å². The lowest BCUT2D eigenvalue weighted by Gasteiger charge is -2.13. The van der Waals surface area contributed by atoms with Crippen LogP contribution in [0.4, 0.5) is 0 Å². The SMILES string of the molecule is CCOc1ccc(C(C)NC(=O)/C=C/c2cccc(C)c2)cc1. The number of hydrogen-bond acceptors (Lipinski definition) is 2. The van der Waals surface area contributed by atoms with Crippen LogP contribution in [0.5, 0.6) is 5.75 Å². The molecule has 1 unspecified atom stereocenters. The van der Waals surface area contributed by atoms with Gasteiger partial charge < -0.3 is 10.1 Å². The van der Waals surface area contributed by atoms with Crippen molar-refractivity contribution in [3.05, 3.63) is 71.3 Å². The molecule has 1 atom stereocenters. The molecule has 3 heteroatoms. The second-order valence-electron chi connectivity index (χ2n) is 5.48. The maximum atomic E-state index is 12.0. The number of carbonyl (C=O) groups is 1. The first kappa shape index (κ1) is 16.8. The van der Waals surface area contributed by atoms with Crippen LogP contribution in [0.3, 0.4) is 0 Å². The van der Waals surface area contributed by atoms with Gasteiger partial charge in [-0.15, -0.1) is 0 Å². The van der Waals surface area contributed by atoms with E-state index in [2.05, 4.69) is 5.32 Å². The van der Waals surface area contributed by atoms with E-state index in [0.29, 0.717) is 6.61 Å². The third-order valence-electron chi connectivity index (χ3n) is 3.52. The van der Waals surface area contributed by atoms with Crippen LogP contribution >= 0.6 is 0 Å². The van der Waals surface area contributed by atoms with E-state index in [0.717, 1.165) is 16.9 Å². The summed E-state index contributed by atoms with van der Waals surface area (Å²) >= 11 is 0. The van der Waals surface area contributed by atoms with Crippen LogP contribution in [0.25, 0.3) is 6.08 Å². The molecule has 0 spiro atoms. The van der Waals surface area contributed by atoms with Gasteiger partial charge in [0.2, 0.25) is 5.91 Å². The molecule has 1 amide bonds. The van der Waals surface area contributed by atoms with E-state index in [4.69, 9.17) is 4.74 Å². The smallest absolute Gasteiger partial charge is 0.244 e. The Bertz CT molecular complexity index is 674. The van der Waals surface area contributed by atoms with Crippen molar-refractivity contribution in [2.24, 2.45) is 0 Å². The number of ether oxygens (including phenoxy) is 1. The first-order valence-corrected chi connectivity index (χ1v) is 7.86. The fourth-order valence-corrected chi connectivity index (χ4v) is 2.31. The molecule has 23 heavy (non-hydrogen) atoms. The predicted octanol–water partition coefficient (Wildman–Crippen LogP) is 4.28. The molecule has 2 rings (SSSR count). The van der Waals surface area contributed by atoms with Crippen LogP contribution in [-0.4, -0.2) is 12.5 Å². The molecule has 0 aliphatic heterocycles. The van der Waals surface area contributed by atoms with Crippen LogP contribution in [-0.2, 0) is 4.79 Å². The van der Waals surface area contributed by atoms with Gasteiger partial charge in [-0.25, -0.2) is 0 Å². The van der Waals surface area contributed by atoms with Crippen LogP contribution in [0.2, 0.25) is 0 Å². The number of benzene rings is 2. The van der Waals surface area contributed by atoms with Crippen LogP contribution in [0.1, 0.15) is 36.6 Å². The normalized spacial score (nSPS) is 12.1. The minimum atomic E-state index is -0.104. The predicted molar refractivity (Wildman–Crippen MR) is 94.4 cm³/mol. The molecule has 0 saturated carbocycles. The molecule has 3 nitrogen and oxygen atoms in total.